The first kappa shape index (κ1) is 19.5. The van der Waals surface area contributed by atoms with E-state index in [1.807, 2.05) is 0 Å². The number of fused-ring (bicyclic) bond motifs is 1. The van der Waals surface area contributed by atoms with Crippen LogP contribution in [0.3, 0.4) is 0 Å². The van der Waals surface area contributed by atoms with E-state index in [2.05, 4.69) is 31.4 Å². The van der Waals surface area contributed by atoms with Crippen LogP contribution < -0.4 is 20.1 Å². The minimum absolute atomic E-state index is 0.0202. The monoisotopic (exact) mass is 374 g/mol. The highest BCUT2D eigenvalue weighted by Gasteiger charge is 2.32. The Hall–Kier alpha value is -2.24. The molecular formula is C21H30N2O4. The highest BCUT2D eigenvalue weighted by molar-refractivity contribution is 5.97. The second kappa shape index (κ2) is 8.19. The fraction of sp³-hybridized carbons (Fsp3) is 0.619. The molecule has 2 aliphatic rings. The molecule has 148 valence electrons. The Morgan fingerprint density at radius 2 is 1.81 bits per heavy atom. The van der Waals surface area contributed by atoms with Crippen molar-refractivity contribution in [3.05, 3.63) is 23.8 Å². The molecule has 0 bridgehead atoms. The summed E-state index contributed by atoms with van der Waals surface area (Å²) in [4.78, 5) is 24.4. The zero-order valence-corrected chi connectivity index (χ0v) is 16.5. The van der Waals surface area contributed by atoms with Crippen LogP contribution in [0.5, 0.6) is 11.5 Å². The van der Waals surface area contributed by atoms with Crippen molar-refractivity contribution in [1.29, 1.82) is 0 Å². The predicted molar refractivity (Wildman–Crippen MR) is 103 cm³/mol. The molecule has 1 aliphatic carbocycles. The molecule has 27 heavy (non-hydrogen) atoms. The normalized spacial score (nSPS) is 21.6. The maximum absolute atomic E-state index is 12.2. The molecule has 1 fully saturated rings. The fourth-order valence-corrected chi connectivity index (χ4v) is 3.89. The first-order valence-electron chi connectivity index (χ1n) is 9.86. The van der Waals surface area contributed by atoms with Gasteiger partial charge >= 0.3 is 0 Å². The Morgan fingerprint density at radius 1 is 1.11 bits per heavy atom. The van der Waals surface area contributed by atoms with Crippen molar-refractivity contribution in [1.82, 2.24) is 10.6 Å². The first-order chi connectivity index (χ1) is 12.9. The highest BCUT2D eigenvalue weighted by Crippen LogP contribution is 2.40. The van der Waals surface area contributed by atoms with Crippen molar-refractivity contribution in [2.24, 2.45) is 11.3 Å². The summed E-state index contributed by atoms with van der Waals surface area (Å²) in [5, 5.41) is 5.73. The fourth-order valence-electron chi connectivity index (χ4n) is 3.89. The lowest BCUT2D eigenvalue weighted by Crippen LogP contribution is -2.44. The van der Waals surface area contributed by atoms with Crippen molar-refractivity contribution in [2.75, 3.05) is 13.3 Å². The third-order valence-corrected chi connectivity index (χ3v) is 6.15. The van der Waals surface area contributed by atoms with Gasteiger partial charge in [-0.3, -0.25) is 9.59 Å². The molecule has 3 rings (SSSR count). The Labute approximate surface area is 161 Å². The molecule has 1 aromatic carbocycles. The lowest BCUT2D eigenvalue weighted by molar-refractivity contribution is -0.121. The lowest BCUT2D eigenvalue weighted by atomic mass is 9.69. The van der Waals surface area contributed by atoms with Crippen molar-refractivity contribution in [2.45, 2.75) is 58.9 Å². The number of amides is 2. The summed E-state index contributed by atoms with van der Waals surface area (Å²) >= 11 is 0. The maximum Gasteiger partial charge on any atom is 0.251 e. The molecule has 0 aromatic heterocycles. The third-order valence-electron chi connectivity index (χ3n) is 6.15. The molecule has 1 aliphatic heterocycles. The number of ether oxygens (including phenoxy) is 2. The summed E-state index contributed by atoms with van der Waals surface area (Å²) < 4.78 is 10.5. The predicted octanol–water partition coefficient (Wildman–Crippen LogP) is 3.26. The Balaban J connectivity index is 1.42. The second-order valence-corrected chi connectivity index (χ2v) is 8.21. The molecule has 1 heterocycles. The van der Waals surface area contributed by atoms with E-state index in [4.69, 9.17) is 9.47 Å². The average Bonchev–Trinajstić information content (AvgIpc) is 3.14. The summed E-state index contributed by atoms with van der Waals surface area (Å²) in [6.07, 6.45) is 5.50. The molecule has 0 saturated heterocycles. The van der Waals surface area contributed by atoms with Gasteiger partial charge in [-0.2, -0.15) is 0 Å². The summed E-state index contributed by atoms with van der Waals surface area (Å²) in [6.45, 7) is 7.06. The summed E-state index contributed by atoms with van der Waals surface area (Å²) in [5.74, 6) is 1.48. The van der Waals surface area contributed by atoms with Crippen molar-refractivity contribution in [3.63, 3.8) is 0 Å². The van der Waals surface area contributed by atoms with E-state index >= 15 is 0 Å². The van der Waals surface area contributed by atoms with Crippen LogP contribution in [0.15, 0.2) is 18.2 Å². The van der Waals surface area contributed by atoms with E-state index in [1.165, 1.54) is 6.42 Å². The molecule has 0 radical (unpaired) electrons. The number of nitrogens with one attached hydrogen (secondary N) is 2. The average molecular weight is 374 g/mol. The molecule has 1 saturated carbocycles. The number of rotatable bonds is 6. The van der Waals surface area contributed by atoms with Gasteiger partial charge in [-0.1, -0.05) is 27.2 Å². The van der Waals surface area contributed by atoms with Crippen LogP contribution in [0, 0.1) is 11.3 Å². The van der Waals surface area contributed by atoms with Gasteiger partial charge in [-0.25, -0.2) is 0 Å². The molecule has 2 N–H and O–H groups in total. The number of hydrogen-bond donors (Lipinski definition) is 2. The topological polar surface area (TPSA) is 76.7 Å². The SMILES string of the molecule is CCC(C)(C)C1CCC(NC(=O)CNC(=O)c2ccc3c(c2)OCO3)CC1. The minimum atomic E-state index is -0.295. The Bertz CT molecular complexity index is 693. The van der Waals surface area contributed by atoms with Gasteiger partial charge in [0.15, 0.2) is 11.5 Å². The molecule has 6 nitrogen and oxygen atoms in total. The standard InChI is InChI=1S/C21H30N2O4/c1-4-21(2,3)15-6-8-16(9-7-15)23-19(24)12-22-20(25)14-5-10-17-18(11-14)27-13-26-17/h5,10-11,15-16H,4,6-9,12-13H2,1-3H3,(H,22,25)(H,23,24). The van der Waals surface area contributed by atoms with Gasteiger partial charge < -0.3 is 20.1 Å². The van der Waals surface area contributed by atoms with Gasteiger partial charge in [0.05, 0.1) is 6.54 Å². The molecule has 6 heteroatoms. The largest absolute Gasteiger partial charge is 0.454 e. The molecule has 0 spiro atoms. The van der Waals surface area contributed by atoms with E-state index in [0.29, 0.717) is 22.5 Å². The van der Waals surface area contributed by atoms with Crippen LogP contribution in [0.2, 0.25) is 0 Å². The lowest BCUT2D eigenvalue weighted by Gasteiger charge is -2.39. The van der Waals surface area contributed by atoms with Crippen molar-refractivity contribution >= 4 is 11.8 Å². The summed E-state index contributed by atoms with van der Waals surface area (Å²) in [7, 11) is 0. The maximum atomic E-state index is 12.2. The molecular weight excluding hydrogens is 344 g/mol. The van der Waals surface area contributed by atoms with Crippen molar-refractivity contribution in [3.8, 4) is 11.5 Å². The minimum Gasteiger partial charge on any atom is -0.454 e. The second-order valence-electron chi connectivity index (χ2n) is 8.21. The summed E-state index contributed by atoms with van der Waals surface area (Å²) in [5.41, 5.74) is 0.822. The molecule has 2 amide bonds. The van der Waals surface area contributed by atoms with Crippen molar-refractivity contribution < 1.29 is 19.1 Å². The number of hydrogen-bond acceptors (Lipinski definition) is 4. The van der Waals surface area contributed by atoms with Crippen LogP contribution in [0.1, 0.15) is 63.2 Å². The van der Waals surface area contributed by atoms with Crippen LogP contribution in [-0.2, 0) is 4.79 Å². The van der Waals surface area contributed by atoms with E-state index in [-0.39, 0.29) is 31.2 Å². The zero-order valence-electron chi connectivity index (χ0n) is 16.5. The smallest absolute Gasteiger partial charge is 0.251 e. The third kappa shape index (κ3) is 4.73. The Kier molecular flexibility index (Phi) is 5.92. The van der Waals surface area contributed by atoms with E-state index < -0.39 is 0 Å². The van der Waals surface area contributed by atoms with Crippen LogP contribution in [0.4, 0.5) is 0 Å². The zero-order chi connectivity index (χ0) is 19.4. The molecule has 1 aromatic rings. The molecule has 0 unspecified atom stereocenters. The van der Waals surface area contributed by atoms with Gasteiger partial charge in [0.2, 0.25) is 12.7 Å². The number of carbonyl (C=O) groups excluding carboxylic acids is 2. The molecule has 0 atom stereocenters. The quantitative estimate of drug-likeness (QED) is 0.801. The highest BCUT2D eigenvalue weighted by atomic mass is 16.7. The van der Waals surface area contributed by atoms with E-state index in [0.717, 1.165) is 31.6 Å². The summed E-state index contributed by atoms with van der Waals surface area (Å²) in [6, 6.07) is 5.21. The van der Waals surface area contributed by atoms with Crippen LogP contribution in [-0.4, -0.2) is 31.2 Å². The van der Waals surface area contributed by atoms with Gasteiger partial charge in [-0.15, -0.1) is 0 Å². The number of carbonyl (C=O) groups is 2. The van der Waals surface area contributed by atoms with E-state index in [9.17, 15) is 9.59 Å². The van der Waals surface area contributed by atoms with Gasteiger partial charge in [0, 0.05) is 11.6 Å². The van der Waals surface area contributed by atoms with Gasteiger partial charge in [0.1, 0.15) is 0 Å². The first-order valence-corrected chi connectivity index (χ1v) is 9.86. The van der Waals surface area contributed by atoms with E-state index in [1.54, 1.807) is 18.2 Å². The van der Waals surface area contributed by atoms with Crippen LogP contribution in [0.25, 0.3) is 0 Å². The number of benzene rings is 1. The van der Waals surface area contributed by atoms with Gasteiger partial charge in [0.25, 0.3) is 5.91 Å². The Morgan fingerprint density at radius 3 is 2.52 bits per heavy atom. The van der Waals surface area contributed by atoms with Crippen LogP contribution >= 0.6 is 0 Å². The van der Waals surface area contributed by atoms with Gasteiger partial charge in [-0.05, 0) is 55.2 Å².